The number of aryl methyl sites for hydroxylation is 1. The average Bonchev–Trinajstić information content (AvgIpc) is 3.08. The molecule has 0 saturated carbocycles. The first-order chi connectivity index (χ1) is 10.1. The van der Waals surface area contributed by atoms with Gasteiger partial charge in [0, 0.05) is 37.9 Å². The van der Waals surface area contributed by atoms with Gasteiger partial charge in [-0.05, 0) is 0 Å². The Hall–Kier alpha value is -1.31. The molecule has 1 fully saturated rings. The largest absolute Gasteiger partial charge is 0.367 e. The molecular weight excluding hydrogens is 288 g/mol. The average molecular weight is 308 g/mol. The summed E-state index contributed by atoms with van der Waals surface area (Å²) >= 11 is 1.74. The lowest BCUT2D eigenvalue weighted by Gasteiger charge is -2.30. The maximum atomic E-state index is 5.74. The highest BCUT2D eigenvalue weighted by atomic mass is 32.1. The van der Waals surface area contributed by atoms with Crippen LogP contribution in [0.5, 0.6) is 0 Å². The van der Waals surface area contributed by atoms with Gasteiger partial charge in [0.1, 0.15) is 6.10 Å². The molecule has 114 valence electrons. The topological polar surface area (TPSA) is 64.3 Å². The molecule has 7 heteroatoms. The van der Waals surface area contributed by atoms with Crippen LogP contribution >= 0.6 is 11.3 Å². The molecule has 0 radical (unpaired) electrons. The highest BCUT2D eigenvalue weighted by Gasteiger charge is 2.26. The summed E-state index contributed by atoms with van der Waals surface area (Å²) < 4.78 is 10.8. The monoisotopic (exact) mass is 308 g/mol. The molecule has 0 amide bonds. The van der Waals surface area contributed by atoms with Gasteiger partial charge in [-0.1, -0.05) is 19.0 Å². The van der Waals surface area contributed by atoms with Crippen molar-refractivity contribution in [2.24, 2.45) is 0 Å². The first kappa shape index (κ1) is 14.6. The van der Waals surface area contributed by atoms with Gasteiger partial charge in [0.25, 0.3) is 0 Å². The van der Waals surface area contributed by atoms with Crippen molar-refractivity contribution in [2.45, 2.75) is 39.3 Å². The molecule has 1 aliphatic rings. The number of morpholine rings is 1. The van der Waals surface area contributed by atoms with Crippen LogP contribution in [-0.4, -0.2) is 39.7 Å². The molecule has 1 aliphatic heterocycles. The summed E-state index contributed by atoms with van der Waals surface area (Å²) in [6, 6.07) is 0. The van der Waals surface area contributed by atoms with E-state index in [0.717, 1.165) is 25.3 Å². The molecule has 3 rings (SSSR count). The Morgan fingerprint density at radius 1 is 1.43 bits per heavy atom. The van der Waals surface area contributed by atoms with Gasteiger partial charge in [-0.15, -0.1) is 11.3 Å². The van der Waals surface area contributed by atoms with Crippen molar-refractivity contribution < 1.29 is 9.26 Å². The maximum absolute atomic E-state index is 5.74. The fraction of sp³-hybridized carbons (Fsp3) is 0.643. The van der Waals surface area contributed by atoms with Crippen molar-refractivity contribution in [2.75, 3.05) is 19.7 Å². The van der Waals surface area contributed by atoms with E-state index in [1.54, 1.807) is 18.3 Å². The van der Waals surface area contributed by atoms with Crippen molar-refractivity contribution in [3.63, 3.8) is 0 Å². The Morgan fingerprint density at radius 2 is 2.29 bits per heavy atom. The Bertz CT molecular complexity index is 595. The summed E-state index contributed by atoms with van der Waals surface area (Å²) in [5.41, 5.74) is 1.13. The zero-order valence-electron chi connectivity index (χ0n) is 12.6. The van der Waals surface area contributed by atoms with Crippen LogP contribution < -0.4 is 0 Å². The number of nitrogens with zero attached hydrogens (tertiary/aromatic N) is 4. The Labute approximate surface area is 128 Å². The van der Waals surface area contributed by atoms with E-state index in [1.165, 1.54) is 5.01 Å². The summed E-state index contributed by atoms with van der Waals surface area (Å²) in [4.78, 5) is 11.3. The first-order valence-electron chi connectivity index (χ1n) is 7.20. The molecule has 21 heavy (non-hydrogen) atoms. The SMILES string of the molecule is Cc1nc([C@H]2CN(Cc3csc(C(C)C)n3)CCO2)no1. The zero-order chi connectivity index (χ0) is 14.8. The fourth-order valence-electron chi connectivity index (χ4n) is 2.34. The van der Waals surface area contributed by atoms with Crippen LogP contribution in [0.1, 0.15) is 48.3 Å². The lowest BCUT2D eigenvalue weighted by atomic mass is 10.2. The quantitative estimate of drug-likeness (QED) is 0.865. The van der Waals surface area contributed by atoms with Crippen LogP contribution in [0.15, 0.2) is 9.90 Å². The maximum Gasteiger partial charge on any atom is 0.223 e. The van der Waals surface area contributed by atoms with E-state index in [9.17, 15) is 0 Å². The lowest BCUT2D eigenvalue weighted by molar-refractivity contribution is -0.0383. The molecule has 2 aromatic heterocycles. The van der Waals surface area contributed by atoms with Gasteiger partial charge in [-0.2, -0.15) is 4.98 Å². The smallest absolute Gasteiger partial charge is 0.223 e. The molecule has 0 aromatic carbocycles. The molecule has 2 aromatic rings. The van der Waals surface area contributed by atoms with E-state index < -0.39 is 0 Å². The van der Waals surface area contributed by atoms with Gasteiger partial charge in [0.2, 0.25) is 11.7 Å². The number of aromatic nitrogens is 3. The molecule has 1 saturated heterocycles. The second-order valence-corrected chi connectivity index (χ2v) is 6.49. The highest BCUT2D eigenvalue weighted by Crippen LogP contribution is 2.23. The van der Waals surface area contributed by atoms with Gasteiger partial charge in [-0.25, -0.2) is 4.98 Å². The van der Waals surface area contributed by atoms with E-state index in [0.29, 0.717) is 24.2 Å². The molecule has 0 aliphatic carbocycles. The summed E-state index contributed by atoms with van der Waals surface area (Å²) in [5, 5.41) is 7.31. The molecule has 1 atom stereocenters. The third-order valence-electron chi connectivity index (χ3n) is 3.43. The summed E-state index contributed by atoms with van der Waals surface area (Å²) in [6.07, 6.45) is -0.112. The van der Waals surface area contributed by atoms with E-state index in [2.05, 4.69) is 34.3 Å². The van der Waals surface area contributed by atoms with Crippen LogP contribution in [0, 0.1) is 6.92 Å². The molecule has 0 N–H and O–H groups in total. The predicted molar refractivity (Wildman–Crippen MR) is 79.2 cm³/mol. The second kappa shape index (κ2) is 6.21. The van der Waals surface area contributed by atoms with Crippen molar-refractivity contribution in [1.29, 1.82) is 0 Å². The summed E-state index contributed by atoms with van der Waals surface area (Å²) in [6.45, 7) is 9.34. The Kier molecular flexibility index (Phi) is 4.32. The minimum atomic E-state index is -0.112. The van der Waals surface area contributed by atoms with Crippen LogP contribution in [0.2, 0.25) is 0 Å². The number of rotatable bonds is 4. The van der Waals surface area contributed by atoms with E-state index in [4.69, 9.17) is 14.2 Å². The third kappa shape index (κ3) is 3.48. The second-order valence-electron chi connectivity index (χ2n) is 5.60. The normalized spacial score (nSPS) is 20.3. The number of thiazole rings is 1. The number of hydrogen-bond acceptors (Lipinski definition) is 7. The fourth-order valence-corrected chi connectivity index (χ4v) is 3.16. The molecule has 3 heterocycles. The van der Waals surface area contributed by atoms with Crippen molar-refractivity contribution in [3.05, 3.63) is 27.8 Å². The van der Waals surface area contributed by atoms with Gasteiger partial charge < -0.3 is 9.26 Å². The minimum absolute atomic E-state index is 0.112. The van der Waals surface area contributed by atoms with E-state index in [1.807, 2.05) is 0 Å². The van der Waals surface area contributed by atoms with Crippen LogP contribution in [0.25, 0.3) is 0 Å². The standard InChI is InChI=1S/C14H20N4O2S/c1-9(2)14-16-11(8-21-14)6-18-4-5-19-12(7-18)13-15-10(3)20-17-13/h8-9,12H,4-7H2,1-3H3/t12-/m1/s1. The molecule has 0 unspecified atom stereocenters. The Morgan fingerprint density at radius 3 is 2.95 bits per heavy atom. The third-order valence-corrected chi connectivity index (χ3v) is 4.62. The van der Waals surface area contributed by atoms with Gasteiger partial charge in [0.15, 0.2) is 0 Å². The van der Waals surface area contributed by atoms with Gasteiger partial charge in [0.05, 0.1) is 17.3 Å². The van der Waals surface area contributed by atoms with Gasteiger partial charge >= 0.3 is 0 Å². The molecule has 0 spiro atoms. The summed E-state index contributed by atoms with van der Waals surface area (Å²) in [7, 11) is 0. The molecular formula is C14H20N4O2S. The van der Waals surface area contributed by atoms with Crippen molar-refractivity contribution in [1.82, 2.24) is 20.0 Å². The first-order valence-corrected chi connectivity index (χ1v) is 8.08. The lowest BCUT2D eigenvalue weighted by Crippen LogP contribution is -2.38. The van der Waals surface area contributed by atoms with Crippen LogP contribution in [-0.2, 0) is 11.3 Å². The van der Waals surface area contributed by atoms with Crippen molar-refractivity contribution in [3.8, 4) is 0 Å². The summed E-state index contributed by atoms with van der Waals surface area (Å²) in [5.74, 6) is 1.70. The van der Waals surface area contributed by atoms with Gasteiger partial charge in [-0.3, -0.25) is 4.90 Å². The number of ether oxygens (including phenoxy) is 1. The predicted octanol–water partition coefficient (Wildman–Crippen LogP) is 2.53. The van der Waals surface area contributed by atoms with Crippen LogP contribution in [0.3, 0.4) is 0 Å². The van der Waals surface area contributed by atoms with E-state index in [-0.39, 0.29) is 6.10 Å². The molecule has 0 bridgehead atoms. The highest BCUT2D eigenvalue weighted by molar-refractivity contribution is 7.09. The zero-order valence-corrected chi connectivity index (χ0v) is 13.4. The van der Waals surface area contributed by atoms with Crippen molar-refractivity contribution >= 4 is 11.3 Å². The van der Waals surface area contributed by atoms with Crippen LogP contribution in [0.4, 0.5) is 0 Å². The molecule has 6 nitrogen and oxygen atoms in total. The minimum Gasteiger partial charge on any atom is -0.367 e. The van der Waals surface area contributed by atoms with E-state index >= 15 is 0 Å². The number of hydrogen-bond donors (Lipinski definition) is 0. The Balaban J connectivity index is 1.63.